The van der Waals surface area contributed by atoms with Crippen LogP contribution in [-0.4, -0.2) is 44.2 Å². The van der Waals surface area contributed by atoms with Crippen molar-refractivity contribution in [3.05, 3.63) is 54.1 Å². The quantitative estimate of drug-likeness (QED) is 0.716. The second-order valence-electron chi connectivity index (χ2n) is 7.20. The van der Waals surface area contributed by atoms with Crippen LogP contribution < -0.4 is 10.5 Å². The Balaban J connectivity index is 1.61. The van der Waals surface area contributed by atoms with E-state index in [1.807, 2.05) is 42.4 Å². The summed E-state index contributed by atoms with van der Waals surface area (Å²) in [6.45, 7) is 0.704. The molecule has 0 radical (unpaired) electrons. The third-order valence-corrected chi connectivity index (χ3v) is 5.26. The number of aryl methyl sites for hydroxylation is 1. The molecule has 1 aliphatic rings. The molecule has 29 heavy (non-hydrogen) atoms. The lowest BCUT2D eigenvalue weighted by atomic mass is 10.0. The number of nitrogens with zero attached hydrogens (tertiary/aromatic N) is 5. The minimum absolute atomic E-state index is 0.0759. The summed E-state index contributed by atoms with van der Waals surface area (Å²) in [6.07, 6.45) is 7.52. The van der Waals surface area contributed by atoms with Crippen LogP contribution in [0.2, 0.25) is 0 Å². The van der Waals surface area contributed by atoms with E-state index in [9.17, 15) is 4.79 Å². The van der Waals surface area contributed by atoms with E-state index in [0.29, 0.717) is 13.0 Å². The summed E-state index contributed by atoms with van der Waals surface area (Å²) in [6, 6.07) is 7.46. The molecule has 150 valence electrons. The molecule has 1 atom stereocenters. The molecule has 0 saturated carbocycles. The maximum absolute atomic E-state index is 13.1. The van der Waals surface area contributed by atoms with Crippen LogP contribution >= 0.6 is 0 Å². The lowest BCUT2D eigenvalue weighted by Crippen LogP contribution is -2.32. The average molecular weight is 392 g/mol. The van der Waals surface area contributed by atoms with Crippen molar-refractivity contribution >= 4 is 11.9 Å². The first-order valence-electron chi connectivity index (χ1n) is 9.59. The smallest absolute Gasteiger partial charge is 0.227 e. The molecule has 3 aromatic rings. The van der Waals surface area contributed by atoms with Crippen LogP contribution in [0, 0.1) is 0 Å². The van der Waals surface area contributed by atoms with Gasteiger partial charge in [0, 0.05) is 37.1 Å². The Bertz CT molecular complexity index is 1010. The van der Waals surface area contributed by atoms with Crippen LogP contribution in [0.4, 0.5) is 5.95 Å². The van der Waals surface area contributed by atoms with E-state index in [-0.39, 0.29) is 17.9 Å². The van der Waals surface area contributed by atoms with Gasteiger partial charge < -0.3 is 15.4 Å². The molecule has 2 aromatic heterocycles. The van der Waals surface area contributed by atoms with Crippen molar-refractivity contribution in [1.29, 1.82) is 0 Å². The highest BCUT2D eigenvalue weighted by Crippen LogP contribution is 2.37. The maximum Gasteiger partial charge on any atom is 0.227 e. The topological polar surface area (TPSA) is 99.2 Å². The monoisotopic (exact) mass is 392 g/mol. The number of likely N-dealkylation sites (tertiary alicyclic amines) is 1. The summed E-state index contributed by atoms with van der Waals surface area (Å²) in [5, 5.41) is 4.25. The van der Waals surface area contributed by atoms with Gasteiger partial charge in [0.1, 0.15) is 5.75 Å². The Morgan fingerprint density at radius 1 is 1.28 bits per heavy atom. The van der Waals surface area contributed by atoms with Gasteiger partial charge >= 0.3 is 0 Å². The predicted molar refractivity (Wildman–Crippen MR) is 109 cm³/mol. The van der Waals surface area contributed by atoms with Gasteiger partial charge in [0.2, 0.25) is 11.9 Å². The van der Waals surface area contributed by atoms with Crippen LogP contribution in [0.25, 0.3) is 11.1 Å². The third-order valence-electron chi connectivity index (χ3n) is 5.26. The van der Waals surface area contributed by atoms with Gasteiger partial charge in [-0.15, -0.1) is 0 Å². The molecule has 0 aliphatic carbocycles. The molecule has 2 N–H and O–H groups in total. The zero-order valence-corrected chi connectivity index (χ0v) is 16.6. The van der Waals surface area contributed by atoms with E-state index in [2.05, 4.69) is 15.1 Å². The fourth-order valence-corrected chi connectivity index (χ4v) is 3.82. The van der Waals surface area contributed by atoms with Gasteiger partial charge in [-0.3, -0.25) is 9.48 Å². The minimum Gasteiger partial charge on any atom is -0.497 e. The number of benzene rings is 1. The van der Waals surface area contributed by atoms with Gasteiger partial charge in [0.05, 0.1) is 31.5 Å². The van der Waals surface area contributed by atoms with E-state index >= 15 is 0 Å². The van der Waals surface area contributed by atoms with Crippen molar-refractivity contribution in [2.75, 3.05) is 19.4 Å². The first kappa shape index (κ1) is 18.9. The number of nitrogen functional groups attached to an aromatic ring is 1. The van der Waals surface area contributed by atoms with Gasteiger partial charge in [-0.2, -0.15) is 5.10 Å². The number of hydrogen-bond donors (Lipinski definition) is 1. The van der Waals surface area contributed by atoms with Crippen molar-refractivity contribution in [1.82, 2.24) is 24.6 Å². The van der Waals surface area contributed by atoms with Gasteiger partial charge in [-0.25, -0.2) is 9.97 Å². The molecule has 0 bridgehead atoms. The predicted octanol–water partition coefficient (Wildman–Crippen LogP) is 2.37. The molecule has 1 unspecified atom stereocenters. The van der Waals surface area contributed by atoms with Gasteiger partial charge in [0.15, 0.2) is 0 Å². The average Bonchev–Trinajstić information content (AvgIpc) is 3.37. The zero-order chi connectivity index (χ0) is 20.4. The molecule has 1 fully saturated rings. The Morgan fingerprint density at radius 2 is 2.07 bits per heavy atom. The van der Waals surface area contributed by atoms with Crippen LogP contribution in [0.5, 0.6) is 5.75 Å². The summed E-state index contributed by atoms with van der Waals surface area (Å²) in [4.78, 5) is 23.7. The van der Waals surface area contributed by atoms with E-state index < -0.39 is 0 Å². The molecule has 1 aromatic carbocycles. The Labute approximate surface area is 169 Å². The molecule has 1 saturated heterocycles. The van der Waals surface area contributed by atoms with Gasteiger partial charge in [-0.1, -0.05) is 12.1 Å². The number of nitrogens with two attached hydrogens (primary N) is 1. The lowest BCUT2D eigenvalue weighted by molar-refractivity contribution is -0.131. The minimum atomic E-state index is -0.124. The second kappa shape index (κ2) is 7.90. The summed E-state index contributed by atoms with van der Waals surface area (Å²) >= 11 is 0. The largest absolute Gasteiger partial charge is 0.497 e. The van der Waals surface area contributed by atoms with E-state index in [0.717, 1.165) is 41.0 Å². The number of anilines is 1. The third kappa shape index (κ3) is 3.91. The number of methoxy groups -OCH3 is 1. The number of ether oxygens (including phenoxy) is 1. The highest BCUT2D eigenvalue weighted by atomic mass is 16.5. The maximum atomic E-state index is 13.1. The second-order valence-corrected chi connectivity index (χ2v) is 7.20. The number of amides is 1. The molecular weight excluding hydrogens is 368 g/mol. The molecule has 3 heterocycles. The first-order chi connectivity index (χ1) is 14.0. The summed E-state index contributed by atoms with van der Waals surface area (Å²) < 4.78 is 6.92. The normalized spacial score (nSPS) is 16.2. The van der Waals surface area contributed by atoms with E-state index in [1.165, 1.54) is 0 Å². The summed E-state index contributed by atoms with van der Waals surface area (Å²) in [7, 11) is 3.49. The molecule has 4 rings (SSSR count). The van der Waals surface area contributed by atoms with E-state index in [1.54, 1.807) is 24.2 Å². The molecule has 1 amide bonds. The number of carbonyl (C=O) groups excluding carboxylic acids is 1. The van der Waals surface area contributed by atoms with Crippen molar-refractivity contribution in [2.24, 2.45) is 7.05 Å². The molecule has 1 aliphatic heterocycles. The summed E-state index contributed by atoms with van der Waals surface area (Å²) in [5.41, 5.74) is 9.41. The standard InChI is InChI=1S/C21H24N6O2/c1-26-13-15(11-24-26)17-12-23-21(22)25-20(17)18-4-3-9-27(18)19(28)10-14-5-7-16(29-2)8-6-14/h5-8,11-13,18H,3-4,9-10H2,1-2H3,(H2,22,23,25). The SMILES string of the molecule is COc1ccc(CC(=O)N2CCCC2c2nc(N)ncc2-c2cnn(C)c2)cc1. The number of hydrogen-bond acceptors (Lipinski definition) is 6. The zero-order valence-electron chi connectivity index (χ0n) is 16.6. The summed E-state index contributed by atoms with van der Waals surface area (Å²) in [5.74, 6) is 1.06. The highest BCUT2D eigenvalue weighted by molar-refractivity contribution is 5.80. The highest BCUT2D eigenvalue weighted by Gasteiger charge is 2.33. The number of aromatic nitrogens is 4. The Morgan fingerprint density at radius 3 is 2.76 bits per heavy atom. The molecule has 0 spiro atoms. The first-order valence-corrected chi connectivity index (χ1v) is 9.59. The van der Waals surface area contributed by atoms with Crippen LogP contribution in [0.1, 0.15) is 30.1 Å². The fraction of sp³-hybridized carbons (Fsp3) is 0.333. The fourth-order valence-electron chi connectivity index (χ4n) is 3.82. The van der Waals surface area contributed by atoms with Crippen LogP contribution in [0.15, 0.2) is 42.9 Å². The molecule has 8 nitrogen and oxygen atoms in total. The Kier molecular flexibility index (Phi) is 5.16. The van der Waals surface area contributed by atoms with E-state index in [4.69, 9.17) is 10.5 Å². The van der Waals surface area contributed by atoms with Gasteiger partial charge in [0.25, 0.3) is 0 Å². The van der Waals surface area contributed by atoms with Crippen molar-refractivity contribution in [2.45, 2.75) is 25.3 Å². The van der Waals surface area contributed by atoms with Gasteiger partial charge in [-0.05, 0) is 30.5 Å². The van der Waals surface area contributed by atoms with Crippen LogP contribution in [-0.2, 0) is 18.3 Å². The lowest BCUT2D eigenvalue weighted by Gasteiger charge is -2.26. The van der Waals surface area contributed by atoms with Crippen molar-refractivity contribution in [3.8, 4) is 16.9 Å². The molecule has 8 heteroatoms. The van der Waals surface area contributed by atoms with Crippen LogP contribution in [0.3, 0.4) is 0 Å². The number of rotatable bonds is 5. The van der Waals surface area contributed by atoms with Crippen molar-refractivity contribution < 1.29 is 9.53 Å². The molecular formula is C21H24N6O2. The van der Waals surface area contributed by atoms with Crippen molar-refractivity contribution in [3.63, 3.8) is 0 Å². The number of carbonyl (C=O) groups is 1. The Hall–Kier alpha value is -3.42.